The molecule has 0 spiro atoms. The predicted octanol–water partition coefficient (Wildman–Crippen LogP) is 16.3. The number of aliphatic imine (C=N–C) groups is 1. The number of furan rings is 2. The van der Waals surface area contributed by atoms with Crippen molar-refractivity contribution >= 4 is 77.2 Å². The molecule has 2 unspecified atom stereocenters. The second-order valence-corrected chi connectivity index (χ2v) is 18.1. The molecule has 68 heavy (non-hydrogen) atoms. The standard InChI is InChI=1S/C62H54N4O2/c1-5-6-7-9-18-40(2)19-16-20-42(4)63-59-36-29-41(3)61(45-30-33-49-48-24-13-15-27-55(48)68-58(49)39-45)65-62(64-59)50-25-17-28-57-60(50)52-38-44(32-35-56(52)67-57)43-31-34-54-51(37-43)47-23-12-14-26-53(47)66(54)46-21-10-8-11-22-46/h6-18,20-28,30-35,37-40,59,63H,4-5,19,29,36H2,1-3H3,(H,64,65)/b7-6-,18-9-,20-16-,61-41+. The molecule has 6 heteroatoms. The lowest BCUT2D eigenvalue weighted by molar-refractivity contribution is 0.500. The minimum atomic E-state index is -0.148. The van der Waals surface area contributed by atoms with E-state index in [9.17, 15) is 0 Å². The average Bonchev–Trinajstić information content (AvgIpc) is 4.04. The van der Waals surface area contributed by atoms with E-state index in [-0.39, 0.29) is 6.17 Å². The molecule has 7 aromatic carbocycles. The minimum Gasteiger partial charge on any atom is -0.456 e. The predicted molar refractivity (Wildman–Crippen MR) is 286 cm³/mol. The second kappa shape index (κ2) is 18.3. The highest BCUT2D eigenvalue weighted by molar-refractivity contribution is 6.19. The molecule has 3 aromatic heterocycles. The molecule has 0 fully saturated rings. The Balaban J connectivity index is 0.997. The smallest absolute Gasteiger partial charge is 0.136 e. The number of hydrogen-bond donors (Lipinski definition) is 2. The molecule has 2 atom stereocenters. The number of hydrogen-bond acceptors (Lipinski definition) is 5. The fraction of sp³-hybridized carbons (Fsp3) is 0.145. The van der Waals surface area contributed by atoms with Crippen LogP contribution in [0, 0.1) is 5.92 Å². The Hall–Kier alpha value is -8.09. The largest absolute Gasteiger partial charge is 0.456 e. The van der Waals surface area contributed by atoms with Gasteiger partial charge in [0.25, 0.3) is 0 Å². The maximum Gasteiger partial charge on any atom is 0.136 e. The van der Waals surface area contributed by atoms with Crippen molar-refractivity contribution in [1.29, 1.82) is 0 Å². The maximum absolute atomic E-state index is 6.65. The van der Waals surface area contributed by atoms with Crippen LogP contribution in [0.15, 0.2) is 220 Å². The van der Waals surface area contributed by atoms with E-state index < -0.39 is 0 Å². The highest BCUT2D eigenvalue weighted by atomic mass is 16.3. The Kier molecular flexibility index (Phi) is 11.4. The lowest BCUT2D eigenvalue weighted by Gasteiger charge is -2.27. The van der Waals surface area contributed by atoms with Gasteiger partial charge in [0.2, 0.25) is 0 Å². The van der Waals surface area contributed by atoms with E-state index in [1.54, 1.807) is 0 Å². The fourth-order valence-corrected chi connectivity index (χ4v) is 9.84. The Morgan fingerprint density at radius 1 is 0.706 bits per heavy atom. The van der Waals surface area contributed by atoms with Gasteiger partial charge < -0.3 is 24.0 Å². The first-order valence-electron chi connectivity index (χ1n) is 23.9. The van der Waals surface area contributed by atoms with Crippen molar-refractivity contribution in [1.82, 2.24) is 15.2 Å². The summed E-state index contributed by atoms with van der Waals surface area (Å²) in [5, 5.41) is 14.3. The van der Waals surface area contributed by atoms with Crippen LogP contribution in [-0.4, -0.2) is 16.6 Å². The first-order valence-corrected chi connectivity index (χ1v) is 23.9. The number of aromatic nitrogens is 1. The summed E-state index contributed by atoms with van der Waals surface area (Å²) in [5.41, 5.74) is 14.1. The number of amidine groups is 1. The number of fused-ring (bicyclic) bond motifs is 9. The van der Waals surface area contributed by atoms with Crippen molar-refractivity contribution in [3.8, 4) is 16.8 Å². The van der Waals surface area contributed by atoms with Gasteiger partial charge in [0.1, 0.15) is 28.2 Å². The molecule has 6 nitrogen and oxygen atoms in total. The van der Waals surface area contributed by atoms with Gasteiger partial charge in [0.05, 0.1) is 22.9 Å². The number of benzene rings is 7. The van der Waals surface area contributed by atoms with Gasteiger partial charge in [0.15, 0.2) is 0 Å². The molecular weight excluding hydrogens is 833 g/mol. The van der Waals surface area contributed by atoms with Gasteiger partial charge in [-0.2, -0.15) is 0 Å². The topological polar surface area (TPSA) is 67.6 Å². The van der Waals surface area contributed by atoms with E-state index in [0.717, 1.165) is 115 Å². The van der Waals surface area contributed by atoms with E-state index >= 15 is 0 Å². The maximum atomic E-state index is 6.65. The van der Waals surface area contributed by atoms with Gasteiger partial charge in [-0.15, -0.1) is 0 Å². The van der Waals surface area contributed by atoms with Gasteiger partial charge in [-0.3, -0.25) is 0 Å². The minimum absolute atomic E-state index is 0.148. The first kappa shape index (κ1) is 42.5. The molecule has 0 radical (unpaired) electrons. The zero-order valence-electron chi connectivity index (χ0n) is 38.8. The van der Waals surface area contributed by atoms with Crippen LogP contribution in [0.1, 0.15) is 57.6 Å². The zero-order valence-corrected chi connectivity index (χ0v) is 38.8. The van der Waals surface area contributed by atoms with Crippen LogP contribution in [0.2, 0.25) is 0 Å². The van der Waals surface area contributed by atoms with Gasteiger partial charge in [0, 0.05) is 54.8 Å². The molecule has 0 aliphatic carbocycles. The quantitative estimate of drug-likeness (QED) is 0.120. The van der Waals surface area contributed by atoms with Gasteiger partial charge in [-0.05, 0) is 128 Å². The number of nitrogens with one attached hydrogen (secondary N) is 2. The van der Waals surface area contributed by atoms with E-state index in [0.29, 0.717) is 5.92 Å². The molecule has 4 heterocycles. The van der Waals surface area contributed by atoms with Gasteiger partial charge in [-0.25, -0.2) is 4.99 Å². The summed E-state index contributed by atoms with van der Waals surface area (Å²) in [6, 6.07) is 53.7. The van der Waals surface area contributed by atoms with E-state index in [1.165, 1.54) is 27.4 Å². The molecule has 2 N–H and O–H groups in total. The van der Waals surface area contributed by atoms with Crippen LogP contribution in [0.25, 0.3) is 88.2 Å². The number of para-hydroxylation sites is 3. The van der Waals surface area contributed by atoms with Crippen LogP contribution < -0.4 is 10.6 Å². The molecule has 0 saturated heterocycles. The summed E-state index contributed by atoms with van der Waals surface area (Å²) >= 11 is 0. The molecular formula is C62H54N4O2. The number of rotatable bonds is 12. The molecule has 10 aromatic rings. The first-order chi connectivity index (χ1) is 33.4. The third kappa shape index (κ3) is 8.13. The van der Waals surface area contributed by atoms with E-state index in [1.807, 2.05) is 12.1 Å². The summed E-state index contributed by atoms with van der Waals surface area (Å²) in [6.07, 6.45) is 16.4. The Labute approximate surface area is 397 Å². The highest BCUT2D eigenvalue weighted by Crippen LogP contribution is 2.39. The fourth-order valence-electron chi connectivity index (χ4n) is 9.84. The highest BCUT2D eigenvalue weighted by Gasteiger charge is 2.23. The summed E-state index contributed by atoms with van der Waals surface area (Å²) in [5.74, 6) is 1.17. The molecule has 0 bridgehead atoms. The molecule has 334 valence electrons. The summed E-state index contributed by atoms with van der Waals surface area (Å²) in [7, 11) is 0. The van der Waals surface area contributed by atoms with Crippen molar-refractivity contribution in [2.75, 3.05) is 0 Å². The van der Waals surface area contributed by atoms with Crippen LogP contribution in [0.3, 0.4) is 0 Å². The van der Waals surface area contributed by atoms with Crippen LogP contribution >= 0.6 is 0 Å². The monoisotopic (exact) mass is 886 g/mol. The normalized spacial score (nSPS) is 16.5. The summed E-state index contributed by atoms with van der Waals surface area (Å²) in [6.45, 7) is 11.0. The van der Waals surface area contributed by atoms with Crippen molar-refractivity contribution < 1.29 is 8.83 Å². The summed E-state index contributed by atoms with van der Waals surface area (Å²) < 4.78 is 15.4. The lowest BCUT2D eigenvalue weighted by Crippen LogP contribution is -2.45. The molecule has 1 aliphatic rings. The van der Waals surface area contributed by atoms with Crippen molar-refractivity contribution in [2.45, 2.75) is 52.6 Å². The van der Waals surface area contributed by atoms with E-state index in [4.69, 9.17) is 13.8 Å². The Morgan fingerprint density at radius 3 is 2.28 bits per heavy atom. The number of nitrogens with zero attached hydrogens (tertiary/aromatic N) is 2. The third-order valence-electron chi connectivity index (χ3n) is 13.3. The van der Waals surface area contributed by atoms with Gasteiger partial charge >= 0.3 is 0 Å². The van der Waals surface area contributed by atoms with Crippen LogP contribution in [0.5, 0.6) is 0 Å². The molecule has 11 rings (SSSR count). The average molecular weight is 887 g/mol. The second-order valence-electron chi connectivity index (χ2n) is 18.1. The third-order valence-corrected chi connectivity index (χ3v) is 13.3. The van der Waals surface area contributed by atoms with Crippen LogP contribution in [0.4, 0.5) is 0 Å². The number of allylic oxidation sites excluding steroid dienone is 7. The Bertz CT molecular complexity index is 3700. The lowest BCUT2D eigenvalue weighted by atomic mass is 9.98. The van der Waals surface area contributed by atoms with E-state index in [2.05, 4.69) is 219 Å². The Morgan fingerprint density at radius 2 is 1.41 bits per heavy atom. The molecule has 0 saturated carbocycles. The van der Waals surface area contributed by atoms with Crippen molar-refractivity contribution in [3.63, 3.8) is 0 Å². The zero-order chi connectivity index (χ0) is 46.1. The molecule has 0 amide bonds. The summed E-state index contributed by atoms with van der Waals surface area (Å²) in [4.78, 5) is 5.61. The molecule has 1 aliphatic heterocycles. The van der Waals surface area contributed by atoms with Crippen LogP contribution in [-0.2, 0) is 0 Å². The van der Waals surface area contributed by atoms with Gasteiger partial charge in [-0.1, -0.05) is 136 Å². The van der Waals surface area contributed by atoms with Crippen molar-refractivity contribution in [2.24, 2.45) is 10.9 Å². The SMILES string of the molecule is C=C(/C=C\CC(C)/C=C\C=C/CC)NC1CC/C(C)=C(\c2ccc3c(c2)oc2ccccc23)N=C(c2cccc3oc4ccc(-c5ccc6c(c5)c5ccccc5n6-c5ccccc5)cc4c23)N1. The van der Waals surface area contributed by atoms with Crippen molar-refractivity contribution in [3.05, 3.63) is 217 Å².